The zero-order chi connectivity index (χ0) is 27.2. The highest BCUT2D eigenvalue weighted by atomic mass is 16.7. The summed E-state index contributed by atoms with van der Waals surface area (Å²) in [6.07, 6.45) is 2.75. The van der Waals surface area contributed by atoms with E-state index in [-0.39, 0.29) is 5.96 Å². The van der Waals surface area contributed by atoms with Gasteiger partial charge in [0, 0.05) is 30.5 Å². The molecule has 0 fully saturated rings. The molecule has 0 saturated carbocycles. The number of nitrogens with zero attached hydrogens (tertiary/aromatic N) is 5. The lowest BCUT2D eigenvalue weighted by Gasteiger charge is -2.43. The van der Waals surface area contributed by atoms with Crippen LogP contribution in [0, 0.1) is 0 Å². The van der Waals surface area contributed by atoms with Gasteiger partial charge in [-0.15, -0.1) is 0 Å². The number of hydroxylamine groups is 1. The fraction of sp³-hybridized carbons (Fsp3) is 0.346. The maximum Gasteiger partial charge on any atom is 0.435 e. The molecule has 0 saturated heterocycles. The SMILES string of the molecule is CNc1nccc(-c2cccnc2Oc2ccc(N=C(N)NOC(=O)N(C(C)(C)C)C(C)(C)C)cc2)n1. The van der Waals surface area contributed by atoms with Crippen LogP contribution in [-0.2, 0) is 4.84 Å². The third-order valence-electron chi connectivity index (χ3n) is 4.99. The van der Waals surface area contributed by atoms with Crippen molar-refractivity contribution in [3.63, 3.8) is 0 Å². The standard InChI is InChI=1S/C26H34N8O3/c1-25(2,3)34(26(4,5)6)24(35)37-33-22(27)31-17-10-12-18(13-11-17)36-21-19(9-8-15-29-21)20-14-16-30-23(28-7)32-20/h8-16H,1-7H3,(H3,27,31,33)(H,28,30,32). The Hall–Kier alpha value is -4.41. The van der Waals surface area contributed by atoms with E-state index in [9.17, 15) is 4.79 Å². The van der Waals surface area contributed by atoms with Gasteiger partial charge in [-0.05, 0) is 84.0 Å². The number of nitrogens with two attached hydrogens (primary N) is 1. The number of ether oxygens (including phenoxy) is 1. The van der Waals surface area contributed by atoms with Gasteiger partial charge in [0.25, 0.3) is 0 Å². The van der Waals surface area contributed by atoms with Crippen molar-refractivity contribution < 1.29 is 14.4 Å². The molecule has 0 bridgehead atoms. The number of nitrogens with one attached hydrogen (secondary N) is 2. The predicted molar refractivity (Wildman–Crippen MR) is 144 cm³/mol. The van der Waals surface area contributed by atoms with Crippen molar-refractivity contribution in [2.24, 2.45) is 10.7 Å². The normalized spacial score (nSPS) is 12.0. The number of amides is 1. The van der Waals surface area contributed by atoms with E-state index < -0.39 is 17.2 Å². The molecule has 2 aromatic heterocycles. The van der Waals surface area contributed by atoms with Crippen LogP contribution in [0.3, 0.4) is 0 Å². The molecule has 0 aliphatic heterocycles. The second-order valence-electron chi connectivity index (χ2n) is 10.1. The summed E-state index contributed by atoms with van der Waals surface area (Å²) in [5.41, 5.74) is 9.38. The highest BCUT2D eigenvalue weighted by Gasteiger charge is 2.37. The van der Waals surface area contributed by atoms with Gasteiger partial charge in [0.1, 0.15) is 5.75 Å². The lowest BCUT2D eigenvalue weighted by Crippen LogP contribution is -2.57. The van der Waals surface area contributed by atoms with Gasteiger partial charge in [-0.2, -0.15) is 5.48 Å². The predicted octanol–water partition coefficient (Wildman–Crippen LogP) is 4.86. The first-order valence-corrected chi connectivity index (χ1v) is 11.7. The number of aromatic nitrogens is 3. The summed E-state index contributed by atoms with van der Waals surface area (Å²) >= 11 is 0. The molecule has 0 aliphatic rings. The van der Waals surface area contributed by atoms with Crippen molar-refractivity contribution in [1.29, 1.82) is 0 Å². The zero-order valence-electron chi connectivity index (χ0n) is 22.2. The Morgan fingerprint density at radius 3 is 2.27 bits per heavy atom. The minimum Gasteiger partial charge on any atom is -0.438 e. The number of benzene rings is 1. The maximum absolute atomic E-state index is 12.7. The number of carbonyl (C=O) groups excluding carboxylic acids is 1. The Morgan fingerprint density at radius 1 is 0.973 bits per heavy atom. The van der Waals surface area contributed by atoms with Crippen LogP contribution in [0.4, 0.5) is 16.4 Å². The number of hydrogen-bond acceptors (Lipinski definition) is 8. The zero-order valence-corrected chi connectivity index (χ0v) is 22.2. The summed E-state index contributed by atoms with van der Waals surface area (Å²) in [6.45, 7) is 11.6. The highest BCUT2D eigenvalue weighted by molar-refractivity contribution is 5.81. The molecular formula is C26H34N8O3. The van der Waals surface area contributed by atoms with E-state index in [1.165, 1.54) is 0 Å². The van der Waals surface area contributed by atoms with E-state index in [2.05, 4.69) is 30.7 Å². The average Bonchev–Trinajstić information content (AvgIpc) is 2.82. The van der Waals surface area contributed by atoms with Crippen LogP contribution >= 0.6 is 0 Å². The largest absolute Gasteiger partial charge is 0.438 e. The van der Waals surface area contributed by atoms with Crippen LogP contribution in [0.5, 0.6) is 11.6 Å². The van der Waals surface area contributed by atoms with Crippen molar-refractivity contribution in [3.8, 4) is 22.9 Å². The van der Waals surface area contributed by atoms with Crippen molar-refractivity contribution in [2.45, 2.75) is 52.6 Å². The van der Waals surface area contributed by atoms with Crippen LogP contribution in [0.25, 0.3) is 11.3 Å². The monoisotopic (exact) mass is 506 g/mol. The van der Waals surface area contributed by atoms with E-state index >= 15 is 0 Å². The number of aliphatic imine (C=N–C) groups is 1. The van der Waals surface area contributed by atoms with Crippen molar-refractivity contribution in [3.05, 3.63) is 54.9 Å². The molecule has 0 unspecified atom stereocenters. The Labute approximate surface area is 217 Å². The molecule has 0 atom stereocenters. The molecule has 0 aliphatic carbocycles. The fourth-order valence-corrected chi connectivity index (χ4v) is 3.85. The number of carbonyl (C=O) groups is 1. The van der Waals surface area contributed by atoms with Gasteiger partial charge < -0.3 is 20.6 Å². The molecule has 3 aromatic rings. The minimum absolute atomic E-state index is 0.0686. The Morgan fingerprint density at radius 2 is 1.65 bits per heavy atom. The summed E-state index contributed by atoms with van der Waals surface area (Å²) < 4.78 is 6.00. The number of hydrogen-bond donors (Lipinski definition) is 3. The van der Waals surface area contributed by atoms with E-state index in [0.717, 1.165) is 5.56 Å². The Kier molecular flexibility index (Phi) is 8.16. The van der Waals surface area contributed by atoms with Gasteiger partial charge in [0.05, 0.1) is 16.9 Å². The summed E-state index contributed by atoms with van der Waals surface area (Å²) in [6, 6.07) is 12.4. The molecule has 11 heteroatoms. The second kappa shape index (κ2) is 11.1. The molecule has 11 nitrogen and oxygen atoms in total. The summed E-state index contributed by atoms with van der Waals surface area (Å²) in [5, 5.41) is 2.92. The molecular weight excluding hydrogens is 472 g/mol. The van der Waals surface area contributed by atoms with Crippen LogP contribution in [0.1, 0.15) is 41.5 Å². The molecule has 0 spiro atoms. The molecule has 4 N–H and O–H groups in total. The topological polar surface area (TPSA) is 140 Å². The van der Waals surface area contributed by atoms with Crippen LogP contribution in [-0.4, -0.2) is 50.0 Å². The first-order valence-electron chi connectivity index (χ1n) is 11.7. The molecule has 3 rings (SSSR count). The van der Waals surface area contributed by atoms with Crippen LogP contribution in [0.15, 0.2) is 59.9 Å². The van der Waals surface area contributed by atoms with E-state index in [1.54, 1.807) is 54.7 Å². The molecule has 1 amide bonds. The summed E-state index contributed by atoms with van der Waals surface area (Å²) in [7, 11) is 1.75. The summed E-state index contributed by atoms with van der Waals surface area (Å²) in [4.78, 5) is 36.7. The number of rotatable bonds is 5. The first-order chi connectivity index (χ1) is 17.4. The average molecular weight is 507 g/mol. The number of pyridine rings is 1. The summed E-state index contributed by atoms with van der Waals surface area (Å²) in [5.74, 6) is 1.37. The lowest BCUT2D eigenvalue weighted by molar-refractivity contribution is 0.00767. The van der Waals surface area contributed by atoms with Gasteiger partial charge in [-0.3, -0.25) is 4.90 Å². The Bertz CT molecular complexity index is 1230. The quantitative estimate of drug-likeness (QED) is 0.251. The molecule has 1 aromatic carbocycles. The molecule has 2 heterocycles. The molecule has 196 valence electrons. The first kappa shape index (κ1) is 27.2. The van der Waals surface area contributed by atoms with Gasteiger partial charge >= 0.3 is 6.09 Å². The van der Waals surface area contributed by atoms with Gasteiger partial charge in [0.2, 0.25) is 17.8 Å². The van der Waals surface area contributed by atoms with Gasteiger partial charge in [0.15, 0.2) is 0 Å². The molecule has 37 heavy (non-hydrogen) atoms. The van der Waals surface area contributed by atoms with E-state index in [1.807, 2.05) is 53.7 Å². The van der Waals surface area contributed by atoms with Crippen molar-refractivity contribution in [1.82, 2.24) is 25.3 Å². The second-order valence-corrected chi connectivity index (χ2v) is 10.1. The third-order valence-corrected chi connectivity index (χ3v) is 4.99. The fourth-order valence-electron chi connectivity index (χ4n) is 3.85. The lowest BCUT2D eigenvalue weighted by atomic mass is 9.97. The maximum atomic E-state index is 12.7. The smallest absolute Gasteiger partial charge is 0.435 e. The van der Waals surface area contributed by atoms with E-state index in [4.69, 9.17) is 15.3 Å². The van der Waals surface area contributed by atoms with Gasteiger partial charge in [-0.25, -0.2) is 24.7 Å². The number of guanidine groups is 1. The number of anilines is 1. The van der Waals surface area contributed by atoms with Crippen molar-refractivity contribution in [2.75, 3.05) is 12.4 Å². The van der Waals surface area contributed by atoms with Crippen LogP contribution in [0.2, 0.25) is 0 Å². The van der Waals surface area contributed by atoms with Crippen molar-refractivity contribution >= 4 is 23.7 Å². The highest BCUT2D eigenvalue weighted by Crippen LogP contribution is 2.31. The van der Waals surface area contributed by atoms with Crippen LogP contribution < -0.4 is 21.3 Å². The molecule has 0 radical (unpaired) electrons. The third kappa shape index (κ3) is 7.29. The van der Waals surface area contributed by atoms with E-state index in [0.29, 0.717) is 29.0 Å². The Balaban J connectivity index is 1.68. The minimum atomic E-state index is -0.557. The van der Waals surface area contributed by atoms with Gasteiger partial charge in [-0.1, -0.05) is 0 Å².